The van der Waals surface area contributed by atoms with Crippen molar-refractivity contribution in [1.82, 2.24) is 29.1 Å². The Morgan fingerprint density at radius 1 is 0.200 bits per heavy atom. The summed E-state index contributed by atoms with van der Waals surface area (Å²) in [6.07, 6.45) is 45.1. The summed E-state index contributed by atoms with van der Waals surface area (Å²) in [7, 11) is 0. The third-order valence-corrected chi connectivity index (χ3v) is 33.7. The van der Waals surface area contributed by atoms with E-state index in [-0.39, 0.29) is 56.0 Å². The average molecular weight is 1860 g/mol. The van der Waals surface area contributed by atoms with Gasteiger partial charge in [-0.3, -0.25) is 28.3 Å². The number of aromatic nitrogens is 6. The monoisotopic (exact) mass is 1860 g/mol. The van der Waals surface area contributed by atoms with Gasteiger partial charge in [-0.15, -0.1) is 0 Å². The molecule has 0 radical (unpaired) electrons. The molecule has 0 aliphatic carbocycles. The van der Waals surface area contributed by atoms with Crippen LogP contribution in [0.4, 0.5) is 0 Å². The number of hydrogen-bond donors (Lipinski definition) is 0. The fraction of sp³-hybridized carbons (Fsp3) is 0.477. The van der Waals surface area contributed by atoms with Gasteiger partial charge in [0, 0.05) is 87.5 Å². The highest BCUT2D eigenvalue weighted by atomic mass is 16.2. The van der Waals surface area contributed by atoms with Crippen LogP contribution in [-0.2, 0) is 21.7 Å². The summed E-state index contributed by atoms with van der Waals surface area (Å²) in [6.45, 7) is 36.8. The first-order valence-corrected chi connectivity index (χ1v) is 55.5. The molecule has 17 aromatic carbocycles. The molecule has 10 heteroatoms. The Morgan fingerprint density at radius 3 is 0.679 bits per heavy atom. The van der Waals surface area contributed by atoms with E-state index >= 15 is 19.2 Å². The predicted molar refractivity (Wildman–Crippen MR) is 607 cm³/mol. The second-order valence-corrected chi connectivity index (χ2v) is 47.8. The molecule has 0 aliphatic rings. The summed E-state index contributed by atoms with van der Waals surface area (Å²) in [5.74, 6) is 0. The summed E-state index contributed by atoms with van der Waals surface area (Å²) in [4.78, 5) is 94.5. The van der Waals surface area contributed by atoms with Crippen LogP contribution in [0, 0.1) is 0 Å². The quantitative estimate of drug-likeness (QED) is 0.0210. The number of hydrogen-bond acceptors (Lipinski definition) is 8. The molecule has 140 heavy (non-hydrogen) atoms. The second kappa shape index (κ2) is 38.1. The van der Waals surface area contributed by atoms with E-state index in [2.05, 4.69) is 232 Å². The van der Waals surface area contributed by atoms with Crippen LogP contribution in [0.1, 0.15) is 402 Å². The normalized spacial score (nSPS) is 13.4. The third kappa shape index (κ3) is 16.6. The van der Waals surface area contributed by atoms with Crippen LogP contribution in [0.5, 0.6) is 0 Å². The van der Waals surface area contributed by atoms with Gasteiger partial charge in [-0.2, -0.15) is 0 Å². The molecule has 0 amide bonds. The van der Waals surface area contributed by atoms with Crippen LogP contribution in [0.15, 0.2) is 141 Å². The van der Waals surface area contributed by atoms with Crippen LogP contribution in [0.3, 0.4) is 0 Å². The van der Waals surface area contributed by atoms with Crippen molar-refractivity contribution in [1.29, 1.82) is 0 Å². The summed E-state index contributed by atoms with van der Waals surface area (Å²) < 4.78 is 3.54. The number of benzene rings is 17. The van der Waals surface area contributed by atoms with E-state index in [4.69, 9.17) is 19.9 Å². The lowest BCUT2D eigenvalue weighted by Gasteiger charge is -2.27. The van der Waals surface area contributed by atoms with Crippen molar-refractivity contribution in [3.63, 3.8) is 0 Å². The molecule has 4 heterocycles. The molecule has 0 unspecified atom stereocenters. The zero-order chi connectivity index (χ0) is 97.3. The van der Waals surface area contributed by atoms with Crippen LogP contribution in [0.25, 0.3) is 216 Å². The van der Waals surface area contributed by atoms with Crippen molar-refractivity contribution < 1.29 is 0 Å². The van der Waals surface area contributed by atoms with Crippen LogP contribution >= 0.6 is 0 Å². The smallest absolute Gasteiger partial charge is 0.261 e. The molecule has 0 atom stereocenters. The van der Waals surface area contributed by atoms with Gasteiger partial charge in [0.05, 0.1) is 44.1 Å². The van der Waals surface area contributed by atoms with E-state index < -0.39 is 0 Å². The number of unbranched alkanes of at least 4 members (excludes halogenated alkanes) is 32. The molecule has 21 rings (SSSR count). The molecule has 0 spiro atoms. The molecule has 0 fully saturated rings. The molecular formula is C130H150N6O4. The molecule has 724 valence electrons. The highest BCUT2D eigenvalue weighted by Crippen LogP contribution is 2.58. The lowest BCUT2D eigenvalue weighted by Crippen LogP contribution is -2.37. The van der Waals surface area contributed by atoms with Gasteiger partial charge in [-0.05, 0) is 227 Å². The minimum absolute atomic E-state index is 0.185. The maximum absolute atomic E-state index is 17.5. The fourth-order valence-electron chi connectivity index (χ4n) is 25.9. The predicted octanol–water partition coefficient (Wildman–Crippen LogP) is 37.4. The largest absolute Gasteiger partial charge is 0.271 e. The summed E-state index contributed by atoms with van der Waals surface area (Å²) in [6, 6.07) is 45.3. The Hall–Kier alpha value is -10.8. The van der Waals surface area contributed by atoms with Crippen LogP contribution in [0.2, 0.25) is 0 Å². The van der Waals surface area contributed by atoms with Crippen molar-refractivity contribution in [3.05, 3.63) is 185 Å². The first-order valence-electron chi connectivity index (χ1n) is 55.5. The third-order valence-electron chi connectivity index (χ3n) is 33.7. The minimum Gasteiger partial charge on any atom is -0.271 e. The number of nitrogens with zero attached hydrogens (tertiary/aromatic N) is 6. The first-order chi connectivity index (χ1) is 67.6. The van der Waals surface area contributed by atoms with Crippen LogP contribution in [-0.4, -0.2) is 29.1 Å². The van der Waals surface area contributed by atoms with Gasteiger partial charge >= 0.3 is 0 Å². The standard InChI is InChI=1S/C130H150N6O4/c1-17-21-25-29-33-37-41-45-49-53-85(54-50-46-42-38-34-30-26-22-18-2)135-123(137)97-73-89-87-61-63-102-122(134-120-96-72-84(130(14,15)16)68-80-60-58-78-66-82(128(8,9)10)70-94(118(120)132-102)104(78)106(80)96)110(87)92-76-100-108-98(124(138)136(126(100)140)86(55-51-47-43-39-35-31-27-23-19-3)56-52-48-44-40-36-32-28-24-20-4)74-90-88-62-64-101-121(109(88)91-75-99(125(135)139)107(97)115-111(89)114(92)116(108)112(90)113(91)115)133-119-95-71-83(129(11,12)13)67-79-59-57-77-65-81(127(5,6)7)69-93(117(119)131-101)103(77)105(79)95/h57-76,85-86H,17-56H2,1-16H3. The highest BCUT2D eigenvalue weighted by molar-refractivity contribution is 6.56. The zero-order valence-electron chi connectivity index (χ0n) is 87.3. The molecule has 21 aromatic rings. The lowest BCUT2D eigenvalue weighted by atomic mass is 9.77. The summed E-state index contributed by atoms with van der Waals surface area (Å²) in [5, 5.41) is 29.2. The number of pyridine rings is 2. The van der Waals surface area contributed by atoms with Crippen molar-refractivity contribution in [2.75, 3.05) is 0 Å². The van der Waals surface area contributed by atoms with Crippen molar-refractivity contribution in [3.8, 4) is 0 Å². The Labute approximate surface area is 826 Å². The van der Waals surface area contributed by atoms with E-state index in [1.807, 2.05) is 0 Å². The van der Waals surface area contributed by atoms with Crippen molar-refractivity contribution in [2.45, 2.75) is 401 Å². The number of rotatable bonds is 42. The first kappa shape index (κ1) is 95.4. The fourth-order valence-corrected chi connectivity index (χ4v) is 25.9. The molecule has 10 nitrogen and oxygen atoms in total. The van der Waals surface area contributed by atoms with E-state index in [0.717, 1.165) is 244 Å². The van der Waals surface area contributed by atoms with Gasteiger partial charge in [0.15, 0.2) is 0 Å². The van der Waals surface area contributed by atoms with E-state index in [1.165, 1.54) is 209 Å². The van der Waals surface area contributed by atoms with Crippen LogP contribution < -0.4 is 22.2 Å². The summed E-state index contributed by atoms with van der Waals surface area (Å²) in [5.41, 5.74) is 9.25. The zero-order valence-corrected chi connectivity index (χ0v) is 87.3. The van der Waals surface area contributed by atoms with E-state index in [1.54, 1.807) is 9.13 Å². The Morgan fingerprint density at radius 2 is 0.429 bits per heavy atom. The molecule has 0 aliphatic heterocycles. The van der Waals surface area contributed by atoms with Crippen molar-refractivity contribution in [2.24, 2.45) is 0 Å². The second-order valence-electron chi connectivity index (χ2n) is 47.8. The highest BCUT2D eigenvalue weighted by Gasteiger charge is 2.36. The molecule has 0 bridgehead atoms. The molecule has 0 saturated carbocycles. The van der Waals surface area contributed by atoms with Gasteiger partial charge in [-0.1, -0.05) is 403 Å². The van der Waals surface area contributed by atoms with Gasteiger partial charge in [0.1, 0.15) is 0 Å². The topological polar surface area (TPSA) is 130 Å². The van der Waals surface area contributed by atoms with Gasteiger partial charge in [0.25, 0.3) is 22.2 Å². The van der Waals surface area contributed by atoms with Gasteiger partial charge in [-0.25, -0.2) is 19.9 Å². The molecule has 0 N–H and O–H groups in total. The maximum Gasteiger partial charge on any atom is 0.261 e. The Kier molecular flexibility index (Phi) is 26.0. The maximum atomic E-state index is 17.5. The van der Waals surface area contributed by atoms with Gasteiger partial charge in [0.2, 0.25) is 0 Å². The summed E-state index contributed by atoms with van der Waals surface area (Å²) >= 11 is 0. The van der Waals surface area contributed by atoms with Gasteiger partial charge < -0.3 is 0 Å². The van der Waals surface area contributed by atoms with E-state index in [9.17, 15) is 0 Å². The molecule has 4 aromatic heterocycles. The Balaban J connectivity index is 0.910. The molecule has 0 saturated heterocycles. The molecular weight excluding hydrogens is 1710 g/mol. The van der Waals surface area contributed by atoms with E-state index in [0.29, 0.717) is 43.4 Å². The van der Waals surface area contributed by atoms with Crippen molar-refractivity contribution >= 4 is 216 Å². The SMILES string of the molecule is CCCCCCCCCCCC(CCCCCCCCCCC)n1c(=O)c2cc3c4ccc5nc6c7cc(C(C)(C)C)cc8ccc9cc(C(C)(C)C)cc(c6nc5c4c4cc5c(=O)n(C(CCCCCCCCCCC)CCCCCCCCCCC)c(=O)c6cc%10c%11ccc%12nc%13c%14cc(C(C)(C)C)cc%15ccc%16cc(C(C)(C)C)cc(c%13nc%12c%11c%11cc(c1=O)c2c1c3c4c(c65)c%10c%111)c%16c%15%14)c9c87. The number of fused-ring (bicyclic) bond motifs is 16. The minimum atomic E-state index is -0.347. The average Bonchev–Trinajstić information content (AvgIpc) is 0.648. The Bertz CT molecular complexity index is 8000. The lowest BCUT2D eigenvalue weighted by molar-refractivity contribution is 0.381.